The zero-order valence-corrected chi connectivity index (χ0v) is 25.3. The fraction of sp³-hybridized carbons (Fsp3) is 0.0455. The van der Waals surface area contributed by atoms with Crippen molar-refractivity contribution in [1.29, 1.82) is 0 Å². The highest BCUT2D eigenvalue weighted by Crippen LogP contribution is 2.46. The van der Waals surface area contributed by atoms with Crippen molar-refractivity contribution in [2.24, 2.45) is 0 Å². The van der Waals surface area contributed by atoms with E-state index in [1.165, 1.54) is 82.2 Å². The standard InChI is InChI=1S/C44H30O/c1-27-22-23-30(26-40(27)31-24-25-39-33-15-9-10-21-41(33)45-44(39)28(31)2)42-35-16-5-7-18-37(35)43(38-19-8-6-17-36(38)42)34-20-11-13-29-12-3-4-14-32(29)34/h3-26H,1-2H3. The summed E-state index contributed by atoms with van der Waals surface area (Å²) in [6, 6.07) is 53.0. The second kappa shape index (κ2) is 9.94. The molecule has 9 rings (SSSR count). The Morgan fingerprint density at radius 3 is 1.73 bits per heavy atom. The second-order valence-corrected chi connectivity index (χ2v) is 12.1. The molecule has 0 fully saturated rings. The normalized spacial score (nSPS) is 11.8. The smallest absolute Gasteiger partial charge is 0.138 e. The minimum atomic E-state index is 0.933. The number of benzene rings is 8. The molecule has 0 spiro atoms. The van der Waals surface area contributed by atoms with Gasteiger partial charge in [-0.15, -0.1) is 0 Å². The molecule has 0 saturated carbocycles. The molecule has 0 unspecified atom stereocenters. The van der Waals surface area contributed by atoms with E-state index >= 15 is 0 Å². The van der Waals surface area contributed by atoms with Crippen LogP contribution in [0.15, 0.2) is 150 Å². The van der Waals surface area contributed by atoms with Crippen LogP contribution in [0.4, 0.5) is 0 Å². The maximum absolute atomic E-state index is 6.40. The third-order valence-electron chi connectivity index (χ3n) is 9.60. The molecule has 0 aliphatic rings. The van der Waals surface area contributed by atoms with Crippen LogP contribution in [0.3, 0.4) is 0 Å². The first-order valence-electron chi connectivity index (χ1n) is 15.6. The number of para-hydroxylation sites is 1. The topological polar surface area (TPSA) is 13.1 Å². The van der Waals surface area contributed by atoms with Gasteiger partial charge < -0.3 is 4.42 Å². The quantitative estimate of drug-likeness (QED) is 0.191. The lowest BCUT2D eigenvalue weighted by Crippen LogP contribution is -1.93. The molecule has 1 heterocycles. The number of fused-ring (bicyclic) bond motifs is 6. The van der Waals surface area contributed by atoms with Gasteiger partial charge >= 0.3 is 0 Å². The van der Waals surface area contributed by atoms with Crippen LogP contribution in [-0.4, -0.2) is 0 Å². The first kappa shape index (κ1) is 25.8. The Balaban J connectivity index is 1.32. The lowest BCUT2D eigenvalue weighted by molar-refractivity contribution is 0.666. The summed E-state index contributed by atoms with van der Waals surface area (Å²) in [5, 5.41) is 9.92. The fourth-order valence-corrected chi connectivity index (χ4v) is 7.46. The van der Waals surface area contributed by atoms with Gasteiger partial charge in [0.15, 0.2) is 0 Å². The Hall–Kier alpha value is -5.66. The van der Waals surface area contributed by atoms with Gasteiger partial charge in [-0.1, -0.05) is 127 Å². The SMILES string of the molecule is Cc1ccc(-c2c3ccccc3c(-c3cccc4ccccc34)c3ccccc23)cc1-c1ccc2c(oc3ccccc32)c1C. The van der Waals surface area contributed by atoms with Crippen molar-refractivity contribution >= 4 is 54.3 Å². The Morgan fingerprint density at radius 2 is 1.00 bits per heavy atom. The molecule has 1 nitrogen and oxygen atoms in total. The molecule has 8 aromatic carbocycles. The lowest BCUT2D eigenvalue weighted by Gasteiger charge is -2.20. The summed E-state index contributed by atoms with van der Waals surface area (Å²) >= 11 is 0. The zero-order valence-electron chi connectivity index (χ0n) is 25.3. The minimum Gasteiger partial charge on any atom is -0.456 e. The first-order valence-corrected chi connectivity index (χ1v) is 15.6. The zero-order chi connectivity index (χ0) is 30.1. The van der Waals surface area contributed by atoms with E-state index in [4.69, 9.17) is 4.42 Å². The molecule has 0 aliphatic carbocycles. The summed E-state index contributed by atoms with van der Waals surface area (Å²) in [5.41, 5.74) is 11.8. The highest BCUT2D eigenvalue weighted by Gasteiger charge is 2.19. The second-order valence-electron chi connectivity index (χ2n) is 12.1. The predicted octanol–water partition coefficient (Wildman–Crippen LogP) is 12.7. The van der Waals surface area contributed by atoms with Gasteiger partial charge in [-0.25, -0.2) is 0 Å². The fourth-order valence-electron chi connectivity index (χ4n) is 7.46. The summed E-state index contributed by atoms with van der Waals surface area (Å²) in [7, 11) is 0. The molecule has 0 radical (unpaired) electrons. The van der Waals surface area contributed by atoms with Gasteiger partial charge in [-0.2, -0.15) is 0 Å². The van der Waals surface area contributed by atoms with E-state index in [2.05, 4.69) is 153 Å². The average molecular weight is 575 g/mol. The van der Waals surface area contributed by atoms with Crippen molar-refractivity contribution in [2.45, 2.75) is 13.8 Å². The predicted molar refractivity (Wildman–Crippen MR) is 192 cm³/mol. The van der Waals surface area contributed by atoms with Crippen molar-refractivity contribution < 1.29 is 4.42 Å². The molecule has 0 amide bonds. The number of furan rings is 1. The van der Waals surface area contributed by atoms with Crippen molar-refractivity contribution in [3.8, 4) is 33.4 Å². The van der Waals surface area contributed by atoms with E-state index in [9.17, 15) is 0 Å². The van der Waals surface area contributed by atoms with E-state index in [1.54, 1.807) is 0 Å². The molecule has 0 saturated heterocycles. The number of hydrogen-bond donors (Lipinski definition) is 0. The van der Waals surface area contributed by atoms with Gasteiger partial charge in [-0.3, -0.25) is 0 Å². The first-order chi connectivity index (χ1) is 22.2. The average Bonchev–Trinajstić information content (AvgIpc) is 3.47. The minimum absolute atomic E-state index is 0.933. The summed E-state index contributed by atoms with van der Waals surface area (Å²) in [4.78, 5) is 0. The number of rotatable bonds is 3. The van der Waals surface area contributed by atoms with E-state index in [0.29, 0.717) is 0 Å². The summed E-state index contributed by atoms with van der Waals surface area (Å²) in [6.45, 7) is 4.40. The van der Waals surface area contributed by atoms with E-state index in [0.717, 1.165) is 16.6 Å². The van der Waals surface area contributed by atoms with Crippen LogP contribution < -0.4 is 0 Å². The van der Waals surface area contributed by atoms with Crippen LogP contribution in [0, 0.1) is 13.8 Å². The van der Waals surface area contributed by atoms with Crippen LogP contribution in [0.1, 0.15) is 11.1 Å². The van der Waals surface area contributed by atoms with E-state index in [1.807, 2.05) is 6.07 Å². The lowest BCUT2D eigenvalue weighted by atomic mass is 9.83. The maximum Gasteiger partial charge on any atom is 0.138 e. The Labute approximate surface area is 262 Å². The van der Waals surface area contributed by atoms with Gasteiger partial charge in [0.1, 0.15) is 11.2 Å². The highest BCUT2D eigenvalue weighted by atomic mass is 16.3. The monoisotopic (exact) mass is 574 g/mol. The van der Waals surface area contributed by atoms with Gasteiger partial charge in [0, 0.05) is 16.3 Å². The van der Waals surface area contributed by atoms with Crippen molar-refractivity contribution in [3.63, 3.8) is 0 Å². The molecule has 45 heavy (non-hydrogen) atoms. The molecule has 212 valence electrons. The van der Waals surface area contributed by atoms with Gasteiger partial charge in [0.05, 0.1) is 0 Å². The summed E-state index contributed by atoms with van der Waals surface area (Å²) in [6.07, 6.45) is 0. The van der Waals surface area contributed by atoms with E-state index in [-0.39, 0.29) is 0 Å². The van der Waals surface area contributed by atoms with Crippen LogP contribution in [0.25, 0.3) is 87.6 Å². The van der Waals surface area contributed by atoms with Gasteiger partial charge in [-0.05, 0) is 103 Å². The van der Waals surface area contributed by atoms with Crippen molar-refractivity contribution in [3.05, 3.63) is 157 Å². The highest BCUT2D eigenvalue weighted by molar-refractivity contribution is 6.23. The van der Waals surface area contributed by atoms with Gasteiger partial charge in [0.25, 0.3) is 0 Å². The maximum atomic E-state index is 6.40. The Bertz CT molecular complexity index is 2550. The van der Waals surface area contributed by atoms with Crippen LogP contribution in [0.2, 0.25) is 0 Å². The molecular formula is C44H30O. The van der Waals surface area contributed by atoms with Crippen LogP contribution in [0.5, 0.6) is 0 Å². The Morgan fingerprint density at radius 1 is 0.400 bits per heavy atom. The Kier molecular flexibility index (Phi) is 5.70. The summed E-state index contributed by atoms with van der Waals surface area (Å²) < 4.78 is 6.40. The van der Waals surface area contributed by atoms with Gasteiger partial charge in [0.2, 0.25) is 0 Å². The van der Waals surface area contributed by atoms with Crippen molar-refractivity contribution in [2.75, 3.05) is 0 Å². The van der Waals surface area contributed by atoms with Crippen LogP contribution in [-0.2, 0) is 0 Å². The van der Waals surface area contributed by atoms with Crippen LogP contribution >= 0.6 is 0 Å². The molecule has 0 bridgehead atoms. The molecule has 9 aromatic rings. The van der Waals surface area contributed by atoms with Crippen molar-refractivity contribution in [1.82, 2.24) is 0 Å². The number of aryl methyl sites for hydroxylation is 2. The van der Waals surface area contributed by atoms with E-state index < -0.39 is 0 Å². The third-order valence-corrected chi connectivity index (χ3v) is 9.60. The third kappa shape index (κ3) is 3.87. The molecular weight excluding hydrogens is 544 g/mol. The molecule has 0 aliphatic heterocycles. The summed E-state index contributed by atoms with van der Waals surface area (Å²) in [5.74, 6) is 0. The largest absolute Gasteiger partial charge is 0.456 e. The molecule has 0 atom stereocenters. The molecule has 0 N–H and O–H groups in total. The molecule has 1 heteroatoms. The molecule has 1 aromatic heterocycles. The number of hydrogen-bond acceptors (Lipinski definition) is 1.